The van der Waals surface area contributed by atoms with Gasteiger partial charge in [-0.2, -0.15) is 13.2 Å². The predicted molar refractivity (Wildman–Crippen MR) is 74.9 cm³/mol. The molecule has 3 amide bonds. The standard InChI is InChI=1S/C15H15F3N2O3/c1-23-8-12-13(21)20(14(22)19(12)9-6-7-9)11-5-3-2-4-10(11)15(16,17)18/h2-5,9,12H,6-8H2,1H3. The van der Waals surface area contributed by atoms with E-state index in [0.29, 0.717) is 4.90 Å². The number of benzene rings is 1. The zero-order valence-electron chi connectivity index (χ0n) is 12.3. The highest BCUT2D eigenvalue weighted by molar-refractivity contribution is 6.22. The van der Waals surface area contributed by atoms with Crippen LogP contribution in [0.4, 0.5) is 23.7 Å². The number of nitrogens with zero attached hydrogens (tertiary/aromatic N) is 2. The summed E-state index contributed by atoms with van der Waals surface area (Å²) >= 11 is 0. The third-order valence-corrected chi connectivity index (χ3v) is 3.97. The van der Waals surface area contributed by atoms with Crippen LogP contribution in [0, 0.1) is 0 Å². The van der Waals surface area contributed by atoms with Gasteiger partial charge in [0.15, 0.2) is 0 Å². The fourth-order valence-corrected chi connectivity index (χ4v) is 2.81. The number of hydrogen-bond donors (Lipinski definition) is 0. The highest BCUT2D eigenvalue weighted by Crippen LogP contribution is 2.41. The SMILES string of the molecule is COCC1C(=O)N(c2ccccc2C(F)(F)F)C(=O)N1C1CC1. The Bertz CT molecular complexity index is 643. The molecule has 1 saturated heterocycles. The van der Waals surface area contributed by atoms with Crippen molar-refractivity contribution in [2.45, 2.75) is 31.1 Å². The number of amides is 3. The number of urea groups is 1. The predicted octanol–water partition coefficient (Wildman–Crippen LogP) is 2.65. The Morgan fingerprint density at radius 3 is 2.43 bits per heavy atom. The maximum atomic E-state index is 13.2. The van der Waals surface area contributed by atoms with Crippen LogP contribution in [0.25, 0.3) is 0 Å². The monoisotopic (exact) mass is 328 g/mol. The van der Waals surface area contributed by atoms with Gasteiger partial charge < -0.3 is 9.64 Å². The van der Waals surface area contributed by atoms with Crippen molar-refractivity contribution in [3.8, 4) is 0 Å². The molecule has 124 valence electrons. The van der Waals surface area contributed by atoms with Gasteiger partial charge in [-0.25, -0.2) is 9.69 Å². The molecule has 0 bridgehead atoms. The second kappa shape index (κ2) is 5.52. The zero-order chi connectivity index (χ0) is 16.8. The van der Waals surface area contributed by atoms with Crippen LogP contribution < -0.4 is 4.90 Å². The van der Waals surface area contributed by atoms with E-state index in [2.05, 4.69) is 0 Å². The van der Waals surface area contributed by atoms with Crippen molar-refractivity contribution in [2.75, 3.05) is 18.6 Å². The molecule has 1 saturated carbocycles. The molecular formula is C15H15F3N2O3. The lowest BCUT2D eigenvalue weighted by molar-refractivity contribution is -0.137. The van der Waals surface area contributed by atoms with E-state index in [4.69, 9.17) is 4.74 Å². The van der Waals surface area contributed by atoms with Gasteiger partial charge in [-0.1, -0.05) is 12.1 Å². The van der Waals surface area contributed by atoms with Gasteiger partial charge in [0, 0.05) is 13.2 Å². The van der Waals surface area contributed by atoms with Gasteiger partial charge in [-0.15, -0.1) is 0 Å². The van der Waals surface area contributed by atoms with Gasteiger partial charge in [0.2, 0.25) is 0 Å². The molecule has 1 aliphatic carbocycles. The highest BCUT2D eigenvalue weighted by Gasteiger charge is 2.52. The lowest BCUT2D eigenvalue weighted by atomic mass is 10.1. The molecule has 23 heavy (non-hydrogen) atoms. The van der Waals surface area contributed by atoms with Crippen LogP contribution in [0.2, 0.25) is 0 Å². The number of ether oxygens (including phenoxy) is 1. The Kier molecular flexibility index (Phi) is 3.79. The van der Waals surface area contributed by atoms with E-state index in [9.17, 15) is 22.8 Å². The fourth-order valence-electron chi connectivity index (χ4n) is 2.81. The molecule has 1 aromatic rings. The Morgan fingerprint density at radius 1 is 1.22 bits per heavy atom. The van der Waals surface area contributed by atoms with Crippen molar-refractivity contribution in [2.24, 2.45) is 0 Å². The molecule has 1 aliphatic heterocycles. The van der Waals surface area contributed by atoms with Crippen LogP contribution in [0.15, 0.2) is 24.3 Å². The quantitative estimate of drug-likeness (QED) is 0.799. The van der Waals surface area contributed by atoms with Crippen molar-refractivity contribution in [1.29, 1.82) is 0 Å². The maximum absolute atomic E-state index is 13.2. The van der Waals surface area contributed by atoms with Crippen LogP contribution >= 0.6 is 0 Å². The van der Waals surface area contributed by atoms with E-state index in [1.54, 1.807) is 0 Å². The third-order valence-electron chi connectivity index (χ3n) is 3.97. The molecule has 1 aromatic carbocycles. The second-order valence-corrected chi connectivity index (χ2v) is 5.58. The van der Waals surface area contributed by atoms with Gasteiger partial charge in [0.25, 0.3) is 5.91 Å². The maximum Gasteiger partial charge on any atom is 0.418 e. The third kappa shape index (κ3) is 2.67. The van der Waals surface area contributed by atoms with Crippen molar-refractivity contribution in [1.82, 2.24) is 4.90 Å². The smallest absolute Gasteiger partial charge is 0.382 e. The Morgan fingerprint density at radius 2 is 1.87 bits per heavy atom. The van der Waals surface area contributed by atoms with Crippen molar-refractivity contribution < 1.29 is 27.5 Å². The summed E-state index contributed by atoms with van der Waals surface area (Å²) in [4.78, 5) is 27.1. The minimum absolute atomic E-state index is 0.0360. The summed E-state index contributed by atoms with van der Waals surface area (Å²) in [6.07, 6.45) is -3.16. The van der Waals surface area contributed by atoms with E-state index in [0.717, 1.165) is 25.0 Å². The molecule has 0 spiro atoms. The van der Waals surface area contributed by atoms with Crippen LogP contribution in [-0.4, -0.2) is 42.6 Å². The summed E-state index contributed by atoms with van der Waals surface area (Å²) in [7, 11) is 1.38. The number of methoxy groups -OCH3 is 1. The van der Waals surface area contributed by atoms with Gasteiger partial charge >= 0.3 is 12.2 Å². The molecule has 0 aromatic heterocycles. The molecule has 0 N–H and O–H groups in total. The highest BCUT2D eigenvalue weighted by atomic mass is 19.4. The molecule has 1 heterocycles. The van der Waals surface area contributed by atoms with E-state index in [-0.39, 0.29) is 12.6 Å². The number of alkyl halides is 3. The first-order valence-corrected chi connectivity index (χ1v) is 7.17. The van der Waals surface area contributed by atoms with Crippen LogP contribution in [0.5, 0.6) is 0 Å². The average Bonchev–Trinajstić information content (AvgIpc) is 3.27. The van der Waals surface area contributed by atoms with Crippen molar-refractivity contribution >= 4 is 17.6 Å². The Balaban J connectivity index is 2.03. The Labute approximate surface area is 130 Å². The van der Waals surface area contributed by atoms with E-state index in [1.165, 1.54) is 24.1 Å². The molecule has 1 atom stereocenters. The summed E-state index contributed by atoms with van der Waals surface area (Å²) in [5.41, 5.74) is -1.44. The first-order chi connectivity index (χ1) is 10.9. The summed E-state index contributed by atoms with van der Waals surface area (Å²) < 4.78 is 44.5. The van der Waals surface area contributed by atoms with Crippen molar-refractivity contribution in [3.63, 3.8) is 0 Å². The van der Waals surface area contributed by atoms with Gasteiger partial charge in [0.1, 0.15) is 6.04 Å². The van der Waals surface area contributed by atoms with Crippen LogP contribution in [-0.2, 0) is 15.7 Å². The Hall–Kier alpha value is -2.09. The first kappa shape index (κ1) is 15.8. The number of imide groups is 1. The second-order valence-electron chi connectivity index (χ2n) is 5.58. The van der Waals surface area contributed by atoms with Gasteiger partial charge in [0.05, 0.1) is 17.9 Å². The van der Waals surface area contributed by atoms with Gasteiger partial charge in [-0.3, -0.25) is 4.79 Å². The van der Waals surface area contributed by atoms with Gasteiger partial charge in [-0.05, 0) is 25.0 Å². The topological polar surface area (TPSA) is 49.9 Å². The number of carbonyl (C=O) groups excluding carboxylic acids is 2. The first-order valence-electron chi connectivity index (χ1n) is 7.17. The number of hydrogen-bond acceptors (Lipinski definition) is 3. The molecular weight excluding hydrogens is 313 g/mol. The molecule has 3 rings (SSSR count). The van der Waals surface area contributed by atoms with E-state index >= 15 is 0 Å². The van der Waals surface area contributed by atoms with Crippen LogP contribution in [0.1, 0.15) is 18.4 Å². The van der Waals surface area contributed by atoms with E-state index < -0.39 is 35.4 Å². The summed E-state index contributed by atoms with van der Waals surface area (Å²) in [6.45, 7) is -0.0360. The summed E-state index contributed by atoms with van der Waals surface area (Å²) in [5, 5.41) is 0. The number of para-hydroxylation sites is 1. The lowest BCUT2D eigenvalue weighted by Crippen LogP contribution is -2.39. The number of halogens is 3. The van der Waals surface area contributed by atoms with E-state index in [1.807, 2.05) is 0 Å². The largest absolute Gasteiger partial charge is 0.418 e. The summed E-state index contributed by atoms with van der Waals surface area (Å²) in [5.74, 6) is -0.680. The van der Waals surface area contributed by atoms with Crippen LogP contribution in [0.3, 0.4) is 0 Å². The molecule has 2 fully saturated rings. The number of carbonyl (C=O) groups is 2. The molecule has 2 aliphatic rings. The number of rotatable bonds is 4. The minimum Gasteiger partial charge on any atom is -0.382 e. The lowest BCUT2D eigenvalue weighted by Gasteiger charge is -2.21. The summed E-state index contributed by atoms with van der Waals surface area (Å²) in [6, 6.07) is 2.91. The average molecular weight is 328 g/mol. The fraction of sp³-hybridized carbons (Fsp3) is 0.467. The zero-order valence-corrected chi connectivity index (χ0v) is 12.3. The van der Waals surface area contributed by atoms with Crippen molar-refractivity contribution in [3.05, 3.63) is 29.8 Å². The molecule has 0 radical (unpaired) electrons. The normalized spacial score (nSPS) is 22.2. The molecule has 8 heteroatoms. The molecule has 5 nitrogen and oxygen atoms in total. The minimum atomic E-state index is -4.65. The molecule has 1 unspecified atom stereocenters. The number of anilines is 1.